The summed E-state index contributed by atoms with van der Waals surface area (Å²) in [4.78, 5) is 11.1. The molecule has 0 heterocycles. The molecule has 0 aliphatic heterocycles. The fourth-order valence-corrected chi connectivity index (χ4v) is 1.52. The van der Waals surface area contributed by atoms with Crippen LogP contribution < -0.4 is 4.74 Å². The van der Waals surface area contributed by atoms with Crippen LogP contribution in [0.3, 0.4) is 0 Å². The van der Waals surface area contributed by atoms with Crippen molar-refractivity contribution in [2.45, 2.75) is 26.2 Å². The van der Waals surface area contributed by atoms with Gasteiger partial charge in [0, 0.05) is 0 Å². The first-order valence-corrected chi connectivity index (χ1v) is 5.17. The van der Waals surface area contributed by atoms with Crippen LogP contribution >= 0.6 is 0 Å². The summed E-state index contributed by atoms with van der Waals surface area (Å²) >= 11 is 0. The zero-order valence-corrected chi connectivity index (χ0v) is 10.4. The second-order valence-corrected chi connectivity index (χ2v) is 4.77. The van der Waals surface area contributed by atoms with Gasteiger partial charge in [-0.15, -0.1) is 0 Å². The second kappa shape index (κ2) is 4.46. The van der Waals surface area contributed by atoms with Crippen LogP contribution in [0.15, 0.2) is 12.1 Å². The molecule has 0 aliphatic rings. The van der Waals surface area contributed by atoms with Gasteiger partial charge in [0.2, 0.25) is 0 Å². The Bertz CT molecular complexity index is 493. The molecule has 0 saturated carbocycles. The van der Waals surface area contributed by atoms with Crippen molar-refractivity contribution in [2.75, 3.05) is 7.11 Å². The van der Waals surface area contributed by atoms with Crippen molar-refractivity contribution >= 4 is 5.97 Å². The highest BCUT2D eigenvalue weighted by atomic mass is 16.5. The fourth-order valence-electron chi connectivity index (χ4n) is 1.52. The van der Waals surface area contributed by atoms with Crippen molar-refractivity contribution in [2.24, 2.45) is 0 Å². The van der Waals surface area contributed by atoms with E-state index in [4.69, 9.17) is 15.1 Å². The van der Waals surface area contributed by atoms with E-state index in [-0.39, 0.29) is 22.3 Å². The first-order valence-electron chi connectivity index (χ1n) is 5.17. The van der Waals surface area contributed by atoms with Crippen LogP contribution in [0.2, 0.25) is 0 Å². The van der Waals surface area contributed by atoms with Crippen LogP contribution in [-0.2, 0) is 5.41 Å². The van der Waals surface area contributed by atoms with Gasteiger partial charge in [0.25, 0.3) is 0 Å². The number of nitriles is 1. The van der Waals surface area contributed by atoms with Crippen LogP contribution in [0.25, 0.3) is 0 Å². The minimum absolute atomic E-state index is 0.0245. The van der Waals surface area contributed by atoms with Crippen LogP contribution in [0.1, 0.15) is 42.3 Å². The Kier molecular flexibility index (Phi) is 3.42. The molecule has 1 N–H and O–H groups in total. The quantitative estimate of drug-likeness (QED) is 0.852. The maximum absolute atomic E-state index is 11.1. The predicted octanol–water partition coefficient (Wildman–Crippen LogP) is 2.56. The lowest BCUT2D eigenvalue weighted by molar-refractivity contribution is 0.0693. The van der Waals surface area contributed by atoms with Gasteiger partial charge in [0.05, 0.1) is 12.7 Å². The molecule has 90 valence electrons. The summed E-state index contributed by atoms with van der Waals surface area (Å²) < 4.78 is 4.99. The molecule has 0 amide bonds. The number of hydrogen-bond donors (Lipinski definition) is 1. The highest BCUT2D eigenvalue weighted by Gasteiger charge is 2.22. The van der Waals surface area contributed by atoms with Crippen molar-refractivity contribution < 1.29 is 14.6 Å². The number of rotatable bonds is 2. The van der Waals surface area contributed by atoms with Crippen molar-refractivity contribution in [3.05, 3.63) is 28.8 Å². The zero-order valence-electron chi connectivity index (χ0n) is 10.4. The Labute approximate surface area is 100 Å². The molecule has 0 unspecified atom stereocenters. The van der Waals surface area contributed by atoms with E-state index in [2.05, 4.69) is 0 Å². The average molecular weight is 233 g/mol. The van der Waals surface area contributed by atoms with Crippen LogP contribution in [0.4, 0.5) is 0 Å². The summed E-state index contributed by atoms with van der Waals surface area (Å²) in [5.74, 6) is -0.975. The maximum Gasteiger partial charge on any atom is 0.339 e. The predicted molar refractivity (Wildman–Crippen MR) is 63.4 cm³/mol. The highest BCUT2D eigenvalue weighted by molar-refractivity contribution is 5.92. The topological polar surface area (TPSA) is 70.3 Å². The number of carbonyl (C=O) groups is 1. The normalized spacial score (nSPS) is 10.8. The van der Waals surface area contributed by atoms with E-state index < -0.39 is 5.97 Å². The highest BCUT2D eigenvalue weighted by Crippen LogP contribution is 2.31. The second-order valence-electron chi connectivity index (χ2n) is 4.77. The van der Waals surface area contributed by atoms with Gasteiger partial charge in [-0.1, -0.05) is 20.8 Å². The summed E-state index contributed by atoms with van der Waals surface area (Å²) in [5, 5.41) is 18.1. The molecule has 0 saturated heterocycles. The Morgan fingerprint density at radius 1 is 1.41 bits per heavy atom. The average Bonchev–Trinajstić information content (AvgIpc) is 2.25. The molecular weight excluding hydrogens is 218 g/mol. The van der Waals surface area contributed by atoms with E-state index in [1.54, 1.807) is 12.1 Å². The summed E-state index contributed by atoms with van der Waals surface area (Å²) in [6.07, 6.45) is 0. The van der Waals surface area contributed by atoms with Gasteiger partial charge in [-0.3, -0.25) is 0 Å². The Balaban J connectivity index is 3.59. The lowest BCUT2D eigenvalue weighted by atomic mass is 9.85. The Morgan fingerprint density at radius 2 is 2.00 bits per heavy atom. The van der Waals surface area contributed by atoms with Crippen LogP contribution in [0.5, 0.6) is 5.75 Å². The van der Waals surface area contributed by atoms with Crippen molar-refractivity contribution in [1.29, 1.82) is 5.26 Å². The molecule has 1 rings (SSSR count). The molecule has 0 atom stereocenters. The van der Waals surface area contributed by atoms with Gasteiger partial charge in [-0.2, -0.15) is 5.26 Å². The van der Waals surface area contributed by atoms with Crippen molar-refractivity contribution in [3.63, 3.8) is 0 Å². The van der Waals surface area contributed by atoms with Gasteiger partial charge in [0.1, 0.15) is 11.6 Å². The summed E-state index contributed by atoms with van der Waals surface area (Å²) in [6, 6.07) is 5.20. The first-order chi connectivity index (χ1) is 7.81. The van der Waals surface area contributed by atoms with Gasteiger partial charge in [-0.05, 0) is 23.1 Å². The van der Waals surface area contributed by atoms with Crippen molar-refractivity contribution in [3.8, 4) is 11.8 Å². The van der Waals surface area contributed by atoms with E-state index in [0.717, 1.165) is 5.56 Å². The summed E-state index contributed by atoms with van der Waals surface area (Å²) in [6.45, 7) is 5.88. The minimum Gasteiger partial charge on any atom is -0.494 e. The van der Waals surface area contributed by atoms with E-state index in [0.29, 0.717) is 0 Å². The molecule has 0 fully saturated rings. The lowest BCUT2D eigenvalue weighted by Crippen LogP contribution is -2.14. The number of aromatic carboxylic acids is 1. The monoisotopic (exact) mass is 233 g/mol. The maximum atomic E-state index is 11.1. The molecule has 0 aromatic heterocycles. The third kappa shape index (κ3) is 2.56. The molecule has 4 heteroatoms. The molecule has 0 spiro atoms. The summed E-state index contributed by atoms with van der Waals surface area (Å²) in [7, 11) is 1.36. The van der Waals surface area contributed by atoms with Gasteiger partial charge < -0.3 is 9.84 Å². The molecular formula is C13H15NO3. The minimum atomic E-state index is -1.09. The third-order valence-electron chi connectivity index (χ3n) is 2.51. The molecule has 0 bridgehead atoms. The third-order valence-corrected chi connectivity index (χ3v) is 2.51. The van der Waals surface area contributed by atoms with Crippen LogP contribution in [-0.4, -0.2) is 18.2 Å². The smallest absolute Gasteiger partial charge is 0.339 e. The Morgan fingerprint density at radius 3 is 2.35 bits per heavy atom. The molecule has 0 radical (unpaired) electrons. The van der Waals surface area contributed by atoms with Gasteiger partial charge in [0.15, 0.2) is 5.75 Å². The van der Waals surface area contributed by atoms with Gasteiger partial charge in [-0.25, -0.2) is 4.79 Å². The number of methoxy groups -OCH3 is 1. The van der Waals surface area contributed by atoms with Crippen LogP contribution in [0, 0.1) is 11.3 Å². The zero-order chi connectivity index (χ0) is 13.2. The number of carboxylic acids is 1. The molecule has 1 aromatic carbocycles. The number of nitrogens with zero attached hydrogens (tertiary/aromatic N) is 1. The van der Waals surface area contributed by atoms with E-state index in [1.165, 1.54) is 7.11 Å². The lowest BCUT2D eigenvalue weighted by Gasteiger charge is -2.21. The number of hydrogen-bond acceptors (Lipinski definition) is 3. The first kappa shape index (κ1) is 13.0. The SMILES string of the molecule is COc1c(C#N)cc(C(C)(C)C)cc1C(=O)O. The number of benzene rings is 1. The number of carboxylic acid groups (broad SMARTS) is 1. The molecule has 0 aliphatic carbocycles. The summed E-state index contributed by atoms with van der Waals surface area (Å²) in [5.41, 5.74) is 0.850. The van der Waals surface area contributed by atoms with E-state index >= 15 is 0 Å². The fraction of sp³-hybridized carbons (Fsp3) is 0.385. The largest absolute Gasteiger partial charge is 0.494 e. The Hall–Kier alpha value is -2.02. The van der Waals surface area contributed by atoms with E-state index in [1.807, 2.05) is 26.8 Å². The van der Waals surface area contributed by atoms with E-state index in [9.17, 15) is 4.79 Å². The molecule has 4 nitrogen and oxygen atoms in total. The van der Waals surface area contributed by atoms with Crippen molar-refractivity contribution in [1.82, 2.24) is 0 Å². The molecule has 17 heavy (non-hydrogen) atoms. The number of ether oxygens (including phenoxy) is 1. The molecule has 1 aromatic rings. The van der Waals surface area contributed by atoms with Gasteiger partial charge >= 0.3 is 5.97 Å². The standard InChI is InChI=1S/C13H15NO3/c1-13(2,3)9-5-8(7-14)11(17-4)10(6-9)12(15)16/h5-6H,1-4H3,(H,15,16).